The second-order valence-corrected chi connectivity index (χ2v) is 6.19. The van der Waals surface area contributed by atoms with E-state index in [-0.39, 0.29) is 0 Å². The third-order valence-corrected chi connectivity index (χ3v) is 4.69. The topological polar surface area (TPSA) is 24.5 Å². The summed E-state index contributed by atoms with van der Waals surface area (Å²) in [7, 11) is 1.79. The number of methoxy groups -OCH3 is 1. The molecule has 0 bridgehead atoms. The van der Waals surface area contributed by atoms with Crippen LogP contribution in [0.2, 0.25) is 0 Å². The average molecular weight is 290 g/mol. The molecular weight excluding hydrogens is 260 g/mol. The summed E-state index contributed by atoms with van der Waals surface area (Å²) in [5.41, 5.74) is 3.22. The maximum Gasteiger partial charge on any atom is 0.0468 e. The third-order valence-electron chi connectivity index (χ3n) is 4.69. The molecule has 1 fully saturated rings. The van der Waals surface area contributed by atoms with Crippen LogP contribution in [-0.2, 0) is 11.3 Å². The summed E-state index contributed by atoms with van der Waals surface area (Å²) in [6.45, 7) is 9.51. The van der Waals surface area contributed by atoms with Crippen molar-refractivity contribution in [1.29, 1.82) is 0 Å². The van der Waals surface area contributed by atoms with Gasteiger partial charge in [-0.1, -0.05) is 12.1 Å². The summed E-state index contributed by atoms with van der Waals surface area (Å²) in [6.07, 6.45) is 3.89. The standard InChI is InChI=1S/C18H30N2O/c1-4-20(5-2)17-8-6-16(7-9-17)14-19-15-18(10-11-18)12-13-21-3/h6-9,19H,4-5,10-15H2,1-3H3. The Morgan fingerprint density at radius 1 is 1.14 bits per heavy atom. The molecule has 3 nitrogen and oxygen atoms in total. The first kappa shape index (κ1) is 16.3. The van der Waals surface area contributed by atoms with E-state index >= 15 is 0 Å². The molecule has 0 aliphatic heterocycles. The van der Waals surface area contributed by atoms with Crippen molar-refractivity contribution >= 4 is 5.69 Å². The summed E-state index contributed by atoms with van der Waals surface area (Å²) >= 11 is 0. The molecule has 2 rings (SSSR count). The van der Waals surface area contributed by atoms with Gasteiger partial charge in [0.15, 0.2) is 0 Å². The highest BCUT2D eigenvalue weighted by Crippen LogP contribution is 2.48. The van der Waals surface area contributed by atoms with Crippen molar-refractivity contribution in [2.45, 2.75) is 39.7 Å². The lowest BCUT2D eigenvalue weighted by molar-refractivity contribution is 0.171. The fraction of sp³-hybridized carbons (Fsp3) is 0.667. The largest absolute Gasteiger partial charge is 0.385 e. The Labute approximate surface area is 129 Å². The van der Waals surface area contributed by atoms with E-state index in [1.165, 1.54) is 30.5 Å². The molecule has 0 saturated heterocycles. The Morgan fingerprint density at radius 2 is 1.81 bits per heavy atom. The van der Waals surface area contributed by atoms with Crippen LogP contribution in [0.1, 0.15) is 38.7 Å². The Kier molecular flexibility index (Phi) is 6.07. The van der Waals surface area contributed by atoms with Gasteiger partial charge in [0, 0.05) is 45.6 Å². The molecule has 0 heterocycles. The lowest BCUT2D eigenvalue weighted by Crippen LogP contribution is -2.25. The van der Waals surface area contributed by atoms with E-state index in [2.05, 4.69) is 48.3 Å². The fourth-order valence-electron chi connectivity index (χ4n) is 2.90. The summed E-state index contributed by atoms with van der Waals surface area (Å²) in [5.74, 6) is 0. The van der Waals surface area contributed by atoms with E-state index < -0.39 is 0 Å². The predicted octanol–water partition coefficient (Wildman–Crippen LogP) is 3.44. The van der Waals surface area contributed by atoms with Crippen LogP contribution >= 0.6 is 0 Å². The molecule has 1 aromatic carbocycles. The quantitative estimate of drug-likeness (QED) is 0.714. The summed E-state index contributed by atoms with van der Waals surface area (Å²) in [4.78, 5) is 2.38. The molecule has 1 aromatic rings. The van der Waals surface area contributed by atoms with Gasteiger partial charge < -0.3 is 15.0 Å². The molecule has 1 aliphatic rings. The van der Waals surface area contributed by atoms with Crippen LogP contribution < -0.4 is 10.2 Å². The van der Waals surface area contributed by atoms with Crippen LogP contribution in [0.25, 0.3) is 0 Å². The minimum atomic E-state index is 0.525. The van der Waals surface area contributed by atoms with Gasteiger partial charge in [0.25, 0.3) is 0 Å². The predicted molar refractivity (Wildman–Crippen MR) is 89.9 cm³/mol. The van der Waals surface area contributed by atoms with E-state index in [1.54, 1.807) is 7.11 Å². The molecule has 0 atom stereocenters. The third kappa shape index (κ3) is 4.72. The van der Waals surface area contributed by atoms with Crippen molar-refractivity contribution in [2.75, 3.05) is 38.3 Å². The zero-order valence-electron chi connectivity index (χ0n) is 13.8. The lowest BCUT2D eigenvalue weighted by Gasteiger charge is -2.21. The molecule has 21 heavy (non-hydrogen) atoms. The molecule has 0 aromatic heterocycles. The van der Waals surface area contributed by atoms with E-state index in [9.17, 15) is 0 Å². The number of nitrogens with zero attached hydrogens (tertiary/aromatic N) is 1. The van der Waals surface area contributed by atoms with E-state index in [1.807, 2.05) is 0 Å². The highest BCUT2D eigenvalue weighted by Gasteiger charge is 2.41. The SMILES string of the molecule is CCN(CC)c1ccc(CNCC2(CCOC)CC2)cc1. The van der Waals surface area contributed by atoms with Gasteiger partial charge in [-0.15, -0.1) is 0 Å². The Morgan fingerprint density at radius 3 is 2.33 bits per heavy atom. The fourth-order valence-corrected chi connectivity index (χ4v) is 2.90. The zero-order chi connectivity index (χ0) is 15.1. The van der Waals surface area contributed by atoms with Gasteiger partial charge in [0.1, 0.15) is 0 Å². The van der Waals surface area contributed by atoms with E-state index in [0.29, 0.717) is 5.41 Å². The molecule has 0 amide bonds. The summed E-state index contributed by atoms with van der Waals surface area (Å²) in [5, 5.41) is 3.62. The molecule has 3 heteroatoms. The second-order valence-electron chi connectivity index (χ2n) is 6.19. The molecule has 1 N–H and O–H groups in total. The van der Waals surface area contributed by atoms with Gasteiger partial charge >= 0.3 is 0 Å². The van der Waals surface area contributed by atoms with Crippen molar-refractivity contribution in [3.63, 3.8) is 0 Å². The van der Waals surface area contributed by atoms with Gasteiger partial charge in [0.05, 0.1) is 0 Å². The van der Waals surface area contributed by atoms with Crippen LogP contribution in [-0.4, -0.2) is 33.4 Å². The zero-order valence-corrected chi connectivity index (χ0v) is 13.8. The number of anilines is 1. The monoisotopic (exact) mass is 290 g/mol. The lowest BCUT2D eigenvalue weighted by atomic mass is 10.0. The molecule has 0 spiro atoms. The number of nitrogens with one attached hydrogen (secondary N) is 1. The first-order chi connectivity index (χ1) is 10.2. The van der Waals surface area contributed by atoms with Crippen LogP contribution in [0, 0.1) is 5.41 Å². The van der Waals surface area contributed by atoms with E-state index in [0.717, 1.165) is 32.8 Å². The minimum Gasteiger partial charge on any atom is -0.385 e. The molecular formula is C18H30N2O. The maximum atomic E-state index is 5.21. The van der Waals surface area contributed by atoms with Crippen LogP contribution in [0.3, 0.4) is 0 Å². The molecule has 118 valence electrons. The summed E-state index contributed by atoms with van der Waals surface area (Å²) < 4.78 is 5.21. The normalized spacial score (nSPS) is 16.0. The Bertz CT molecular complexity index is 408. The van der Waals surface area contributed by atoms with Crippen molar-refractivity contribution in [2.24, 2.45) is 5.41 Å². The summed E-state index contributed by atoms with van der Waals surface area (Å²) in [6, 6.07) is 8.97. The first-order valence-electron chi connectivity index (χ1n) is 8.26. The number of rotatable bonds is 10. The number of ether oxygens (including phenoxy) is 1. The van der Waals surface area contributed by atoms with Crippen LogP contribution in [0.5, 0.6) is 0 Å². The minimum absolute atomic E-state index is 0.525. The Hall–Kier alpha value is -1.06. The average Bonchev–Trinajstić information content (AvgIpc) is 3.28. The van der Waals surface area contributed by atoms with E-state index in [4.69, 9.17) is 4.74 Å². The second kappa shape index (κ2) is 7.81. The molecule has 0 unspecified atom stereocenters. The first-order valence-corrected chi connectivity index (χ1v) is 8.26. The van der Waals surface area contributed by atoms with Crippen molar-refractivity contribution < 1.29 is 4.74 Å². The van der Waals surface area contributed by atoms with Gasteiger partial charge in [-0.2, -0.15) is 0 Å². The van der Waals surface area contributed by atoms with Crippen molar-refractivity contribution in [3.8, 4) is 0 Å². The van der Waals surface area contributed by atoms with Crippen molar-refractivity contribution in [3.05, 3.63) is 29.8 Å². The van der Waals surface area contributed by atoms with Gasteiger partial charge in [-0.3, -0.25) is 0 Å². The highest BCUT2D eigenvalue weighted by molar-refractivity contribution is 5.47. The molecule has 0 radical (unpaired) electrons. The smallest absolute Gasteiger partial charge is 0.0468 e. The van der Waals surface area contributed by atoms with Gasteiger partial charge in [-0.25, -0.2) is 0 Å². The van der Waals surface area contributed by atoms with Gasteiger partial charge in [-0.05, 0) is 56.2 Å². The number of hydrogen-bond acceptors (Lipinski definition) is 3. The maximum absolute atomic E-state index is 5.21. The number of hydrogen-bond donors (Lipinski definition) is 1. The van der Waals surface area contributed by atoms with Gasteiger partial charge in [0.2, 0.25) is 0 Å². The van der Waals surface area contributed by atoms with Crippen LogP contribution in [0.4, 0.5) is 5.69 Å². The van der Waals surface area contributed by atoms with Crippen molar-refractivity contribution in [1.82, 2.24) is 5.32 Å². The molecule has 1 saturated carbocycles. The highest BCUT2D eigenvalue weighted by atomic mass is 16.5. The Balaban J connectivity index is 1.76. The molecule has 1 aliphatic carbocycles. The number of benzene rings is 1. The van der Waals surface area contributed by atoms with Crippen LogP contribution in [0.15, 0.2) is 24.3 Å².